The van der Waals surface area contributed by atoms with Gasteiger partial charge in [0.1, 0.15) is 11.9 Å². The Morgan fingerprint density at radius 2 is 1.88 bits per heavy atom. The summed E-state index contributed by atoms with van der Waals surface area (Å²) in [7, 11) is 2.01. The van der Waals surface area contributed by atoms with Crippen molar-refractivity contribution in [1.29, 1.82) is 0 Å². The average molecular weight is 363 g/mol. The van der Waals surface area contributed by atoms with Crippen molar-refractivity contribution in [2.24, 2.45) is 5.41 Å². The Labute approximate surface area is 119 Å². The molecule has 0 saturated heterocycles. The van der Waals surface area contributed by atoms with Gasteiger partial charge in [0.05, 0.1) is 8.95 Å². The normalized spacial score (nSPS) is 26.4. The molecular formula is C13H17Br2NO. The van der Waals surface area contributed by atoms with Crippen molar-refractivity contribution in [3.8, 4) is 5.75 Å². The Hall–Kier alpha value is -0.0600. The van der Waals surface area contributed by atoms with Crippen LogP contribution in [0.2, 0.25) is 0 Å². The van der Waals surface area contributed by atoms with Crippen LogP contribution in [0.15, 0.2) is 27.1 Å². The zero-order chi connectivity index (χ0) is 12.6. The van der Waals surface area contributed by atoms with Gasteiger partial charge >= 0.3 is 0 Å². The fraction of sp³-hybridized carbons (Fsp3) is 0.538. The molecule has 1 aromatic rings. The van der Waals surface area contributed by atoms with Crippen LogP contribution in [0.1, 0.15) is 20.3 Å². The number of hydrogen-bond acceptors (Lipinski definition) is 2. The molecule has 17 heavy (non-hydrogen) atoms. The molecular weight excluding hydrogens is 346 g/mol. The monoisotopic (exact) mass is 361 g/mol. The number of para-hydroxylation sites is 1. The minimum absolute atomic E-state index is 0.170. The predicted octanol–water partition coefficient (Wildman–Crippen LogP) is 3.98. The van der Waals surface area contributed by atoms with Crippen LogP contribution < -0.4 is 10.1 Å². The second kappa shape index (κ2) is 4.90. The highest BCUT2D eigenvalue weighted by Crippen LogP contribution is 2.45. The summed E-state index contributed by atoms with van der Waals surface area (Å²) in [5, 5.41) is 3.33. The van der Waals surface area contributed by atoms with Crippen molar-refractivity contribution in [3.63, 3.8) is 0 Å². The lowest BCUT2D eigenvalue weighted by atomic mass is 9.64. The molecule has 0 bridgehead atoms. The summed E-state index contributed by atoms with van der Waals surface area (Å²) in [6.45, 7) is 4.49. The lowest BCUT2D eigenvalue weighted by Gasteiger charge is -2.51. The maximum absolute atomic E-state index is 6.13. The summed E-state index contributed by atoms with van der Waals surface area (Å²) < 4.78 is 8.12. The zero-order valence-electron chi connectivity index (χ0n) is 10.3. The highest BCUT2D eigenvalue weighted by molar-refractivity contribution is 9.11. The minimum Gasteiger partial charge on any atom is -0.487 e. The first-order valence-electron chi connectivity index (χ1n) is 5.74. The maximum atomic E-state index is 6.13. The van der Waals surface area contributed by atoms with E-state index in [1.54, 1.807) is 0 Å². The topological polar surface area (TPSA) is 21.3 Å². The fourth-order valence-corrected chi connectivity index (χ4v) is 3.50. The number of nitrogens with one attached hydrogen (secondary N) is 1. The van der Waals surface area contributed by atoms with Crippen molar-refractivity contribution in [3.05, 3.63) is 27.1 Å². The summed E-state index contributed by atoms with van der Waals surface area (Å²) >= 11 is 7.06. The lowest BCUT2D eigenvalue weighted by molar-refractivity contribution is -0.0528. The van der Waals surface area contributed by atoms with Crippen molar-refractivity contribution in [2.75, 3.05) is 7.05 Å². The van der Waals surface area contributed by atoms with Gasteiger partial charge in [0, 0.05) is 17.9 Å². The molecule has 2 unspecified atom stereocenters. The smallest absolute Gasteiger partial charge is 0.148 e. The minimum atomic E-state index is 0.170. The van der Waals surface area contributed by atoms with E-state index in [1.165, 1.54) is 0 Å². The highest BCUT2D eigenvalue weighted by atomic mass is 79.9. The zero-order valence-corrected chi connectivity index (χ0v) is 13.4. The quantitative estimate of drug-likeness (QED) is 0.878. The van der Waals surface area contributed by atoms with Gasteiger partial charge in [-0.05, 0) is 51.0 Å². The van der Waals surface area contributed by atoms with Gasteiger partial charge in [-0.3, -0.25) is 0 Å². The Morgan fingerprint density at radius 1 is 1.29 bits per heavy atom. The molecule has 1 aliphatic carbocycles. The number of hydrogen-bond donors (Lipinski definition) is 1. The third-order valence-corrected chi connectivity index (χ3v) is 4.95. The Bertz CT molecular complexity index is 400. The largest absolute Gasteiger partial charge is 0.487 e. The Kier molecular flexibility index (Phi) is 3.86. The van der Waals surface area contributed by atoms with Crippen molar-refractivity contribution in [2.45, 2.75) is 32.4 Å². The molecule has 2 nitrogen and oxygen atoms in total. The van der Waals surface area contributed by atoms with Gasteiger partial charge in [-0.15, -0.1) is 0 Å². The molecule has 1 aromatic carbocycles. The van der Waals surface area contributed by atoms with Crippen molar-refractivity contribution in [1.82, 2.24) is 5.32 Å². The van der Waals surface area contributed by atoms with E-state index in [4.69, 9.17) is 4.74 Å². The molecule has 2 rings (SSSR count). The molecule has 0 aromatic heterocycles. The van der Waals surface area contributed by atoms with E-state index in [0.717, 1.165) is 21.1 Å². The average Bonchev–Trinajstić information content (AvgIpc) is 2.26. The van der Waals surface area contributed by atoms with Gasteiger partial charge in [0.25, 0.3) is 0 Å². The predicted molar refractivity (Wildman–Crippen MR) is 77.5 cm³/mol. The molecule has 4 heteroatoms. The van der Waals surface area contributed by atoms with E-state index in [0.29, 0.717) is 6.04 Å². The third-order valence-electron chi connectivity index (χ3n) is 3.71. The van der Waals surface area contributed by atoms with Gasteiger partial charge in [0.15, 0.2) is 0 Å². The summed E-state index contributed by atoms with van der Waals surface area (Å²) in [6.07, 6.45) is 1.31. The molecule has 1 fully saturated rings. The maximum Gasteiger partial charge on any atom is 0.148 e. The Balaban J connectivity index is 2.13. The molecule has 1 aliphatic rings. The third kappa shape index (κ3) is 2.40. The van der Waals surface area contributed by atoms with E-state index >= 15 is 0 Å². The second-order valence-corrected chi connectivity index (χ2v) is 6.76. The van der Waals surface area contributed by atoms with Crippen molar-refractivity contribution >= 4 is 31.9 Å². The summed E-state index contributed by atoms with van der Waals surface area (Å²) in [5.74, 6) is 0.903. The van der Waals surface area contributed by atoms with Crippen LogP contribution in [0.3, 0.4) is 0 Å². The lowest BCUT2D eigenvalue weighted by Crippen LogP contribution is -2.61. The van der Waals surface area contributed by atoms with Gasteiger partial charge < -0.3 is 10.1 Å². The molecule has 1 saturated carbocycles. The summed E-state index contributed by atoms with van der Waals surface area (Å²) in [5.41, 5.74) is 0.170. The van der Waals surface area contributed by atoms with Gasteiger partial charge in [0.2, 0.25) is 0 Å². The SMILES string of the molecule is CNC1CC(Oc2c(Br)cccc2Br)C1(C)C. The van der Waals surface area contributed by atoms with Crippen LogP contribution in [-0.2, 0) is 0 Å². The fourth-order valence-electron chi connectivity index (χ4n) is 2.31. The van der Waals surface area contributed by atoms with E-state index < -0.39 is 0 Å². The van der Waals surface area contributed by atoms with Gasteiger partial charge in [-0.25, -0.2) is 0 Å². The second-order valence-electron chi connectivity index (χ2n) is 5.06. The number of halogens is 2. The summed E-state index contributed by atoms with van der Waals surface area (Å²) in [4.78, 5) is 0. The first-order chi connectivity index (χ1) is 7.96. The molecule has 0 radical (unpaired) electrons. The molecule has 94 valence electrons. The Morgan fingerprint density at radius 3 is 2.35 bits per heavy atom. The molecule has 2 atom stereocenters. The molecule has 0 amide bonds. The standard InChI is InChI=1S/C13H17Br2NO/c1-13(2)10(16-3)7-11(13)17-12-8(14)5-4-6-9(12)15/h4-6,10-11,16H,7H2,1-3H3. The van der Waals surface area contributed by atoms with E-state index in [1.807, 2.05) is 25.2 Å². The van der Waals surface area contributed by atoms with E-state index in [-0.39, 0.29) is 11.5 Å². The first kappa shape index (κ1) is 13.4. The number of ether oxygens (including phenoxy) is 1. The van der Waals surface area contributed by atoms with Crippen LogP contribution >= 0.6 is 31.9 Å². The summed E-state index contributed by atoms with van der Waals surface area (Å²) in [6, 6.07) is 6.53. The molecule has 0 heterocycles. The molecule has 0 spiro atoms. The van der Waals surface area contributed by atoms with Crippen molar-refractivity contribution < 1.29 is 4.74 Å². The van der Waals surface area contributed by atoms with Gasteiger partial charge in [-0.1, -0.05) is 19.9 Å². The van der Waals surface area contributed by atoms with Crippen LogP contribution in [0.5, 0.6) is 5.75 Å². The molecule has 0 aliphatic heterocycles. The first-order valence-corrected chi connectivity index (χ1v) is 7.33. The van der Waals surface area contributed by atoms with Gasteiger partial charge in [-0.2, -0.15) is 0 Å². The van der Waals surface area contributed by atoms with E-state index in [2.05, 4.69) is 51.0 Å². The highest BCUT2D eigenvalue weighted by Gasteiger charge is 2.49. The molecule has 1 N–H and O–H groups in total. The van der Waals surface area contributed by atoms with Crippen LogP contribution in [0, 0.1) is 5.41 Å². The number of rotatable bonds is 3. The van der Waals surface area contributed by atoms with Crippen LogP contribution in [-0.4, -0.2) is 19.2 Å². The van der Waals surface area contributed by atoms with E-state index in [9.17, 15) is 0 Å². The van der Waals surface area contributed by atoms with Crippen LogP contribution in [0.25, 0.3) is 0 Å². The van der Waals surface area contributed by atoms with Crippen LogP contribution in [0.4, 0.5) is 0 Å². The number of benzene rings is 1.